The lowest BCUT2D eigenvalue weighted by molar-refractivity contribution is -0.119. The second kappa shape index (κ2) is 9.91. The van der Waals surface area contributed by atoms with Crippen LogP contribution in [0.5, 0.6) is 0 Å². The van der Waals surface area contributed by atoms with Crippen LogP contribution < -0.4 is 10.6 Å². The summed E-state index contributed by atoms with van der Waals surface area (Å²) in [7, 11) is 1.84. The molecular formula is C21H29N5O2S. The molecular weight excluding hydrogens is 386 g/mol. The molecule has 2 N–H and O–H groups in total. The van der Waals surface area contributed by atoms with E-state index in [1.807, 2.05) is 36.7 Å². The van der Waals surface area contributed by atoms with Gasteiger partial charge in [-0.05, 0) is 37.8 Å². The van der Waals surface area contributed by atoms with E-state index in [1.165, 1.54) is 31.0 Å². The van der Waals surface area contributed by atoms with E-state index in [9.17, 15) is 9.59 Å². The van der Waals surface area contributed by atoms with Gasteiger partial charge in [-0.1, -0.05) is 49.2 Å². The van der Waals surface area contributed by atoms with Gasteiger partial charge in [0.1, 0.15) is 0 Å². The first-order chi connectivity index (χ1) is 13.9. The van der Waals surface area contributed by atoms with E-state index in [-0.39, 0.29) is 24.4 Å². The molecule has 29 heavy (non-hydrogen) atoms. The van der Waals surface area contributed by atoms with Crippen molar-refractivity contribution in [1.29, 1.82) is 0 Å². The largest absolute Gasteiger partial charge is 0.352 e. The van der Waals surface area contributed by atoms with E-state index in [0.29, 0.717) is 28.2 Å². The Balaban J connectivity index is 1.48. The van der Waals surface area contributed by atoms with Gasteiger partial charge < -0.3 is 15.2 Å². The molecule has 3 rings (SSSR count). The summed E-state index contributed by atoms with van der Waals surface area (Å²) in [6.45, 7) is 4.44. The number of rotatable bonds is 7. The minimum atomic E-state index is -0.146. The molecule has 1 saturated carbocycles. The normalized spacial score (nSPS) is 19.0. The summed E-state index contributed by atoms with van der Waals surface area (Å²) in [5, 5.41) is 15.0. The average molecular weight is 416 g/mol. The lowest BCUT2D eigenvalue weighted by atomic mass is 9.86. The predicted octanol–water partition coefficient (Wildman–Crippen LogP) is 2.84. The van der Waals surface area contributed by atoms with Crippen LogP contribution in [0.1, 0.15) is 54.4 Å². The Hall–Kier alpha value is -2.35. The van der Waals surface area contributed by atoms with Crippen molar-refractivity contribution in [2.24, 2.45) is 13.0 Å². The molecule has 7 nitrogen and oxygen atoms in total. The third kappa shape index (κ3) is 5.82. The molecule has 1 heterocycles. The van der Waals surface area contributed by atoms with E-state index >= 15 is 0 Å². The summed E-state index contributed by atoms with van der Waals surface area (Å²) in [6, 6.07) is 7.73. The highest BCUT2D eigenvalue weighted by atomic mass is 32.2. The Bertz CT molecular complexity index is 867. The van der Waals surface area contributed by atoms with Crippen molar-refractivity contribution in [3.63, 3.8) is 0 Å². The number of thioether (sulfide) groups is 1. The van der Waals surface area contributed by atoms with Crippen LogP contribution in [0.4, 0.5) is 0 Å². The molecule has 1 aliphatic carbocycles. The van der Waals surface area contributed by atoms with Gasteiger partial charge in [-0.2, -0.15) is 0 Å². The Morgan fingerprint density at radius 1 is 1.24 bits per heavy atom. The zero-order chi connectivity index (χ0) is 20.8. The molecule has 0 bridgehead atoms. The maximum absolute atomic E-state index is 12.3. The van der Waals surface area contributed by atoms with Crippen molar-refractivity contribution < 1.29 is 9.59 Å². The van der Waals surface area contributed by atoms with Gasteiger partial charge in [0, 0.05) is 18.7 Å². The monoisotopic (exact) mass is 415 g/mol. The van der Waals surface area contributed by atoms with Crippen LogP contribution in [0.15, 0.2) is 29.4 Å². The van der Waals surface area contributed by atoms with E-state index in [2.05, 4.69) is 27.8 Å². The minimum Gasteiger partial charge on any atom is -0.352 e. The van der Waals surface area contributed by atoms with Crippen molar-refractivity contribution in [2.75, 3.05) is 5.75 Å². The van der Waals surface area contributed by atoms with E-state index < -0.39 is 0 Å². The first kappa shape index (κ1) is 21.4. The molecule has 156 valence electrons. The van der Waals surface area contributed by atoms with Gasteiger partial charge in [0.25, 0.3) is 5.91 Å². The molecule has 0 radical (unpaired) electrons. The highest BCUT2D eigenvalue weighted by Crippen LogP contribution is 2.24. The molecule has 1 aromatic carbocycles. The maximum Gasteiger partial charge on any atom is 0.251 e. The molecule has 1 aliphatic rings. The number of carbonyl (C=O) groups excluding carboxylic acids is 2. The molecule has 0 spiro atoms. The van der Waals surface area contributed by atoms with Gasteiger partial charge in [0.15, 0.2) is 11.0 Å². The molecule has 1 aromatic heterocycles. The highest BCUT2D eigenvalue weighted by molar-refractivity contribution is 7.99. The number of amides is 2. The van der Waals surface area contributed by atoms with Crippen molar-refractivity contribution >= 4 is 23.6 Å². The van der Waals surface area contributed by atoms with Gasteiger partial charge in [-0.25, -0.2) is 0 Å². The van der Waals surface area contributed by atoms with Crippen LogP contribution in [0.2, 0.25) is 0 Å². The number of benzene rings is 1. The first-order valence-corrected chi connectivity index (χ1v) is 11.1. The number of carbonyl (C=O) groups is 2. The van der Waals surface area contributed by atoms with E-state index in [1.54, 1.807) is 6.07 Å². The zero-order valence-electron chi connectivity index (χ0n) is 17.3. The van der Waals surface area contributed by atoms with Gasteiger partial charge in [-0.3, -0.25) is 9.59 Å². The second-order valence-electron chi connectivity index (χ2n) is 7.73. The van der Waals surface area contributed by atoms with E-state index in [0.717, 1.165) is 12.0 Å². The summed E-state index contributed by atoms with van der Waals surface area (Å²) in [5.41, 5.74) is 1.66. The average Bonchev–Trinajstić information content (AvgIpc) is 3.06. The SMILES string of the molecule is Cc1cccc(C(=O)NCc2nnc(SCC(=O)N[C@@H]3CCCC[C@@H]3C)n2C)c1. The van der Waals surface area contributed by atoms with Crippen LogP contribution >= 0.6 is 11.8 Å². The van der Waals surface area contributed by atoms with Gasteiger partial charge in [0.2, 0.25) is 5.91 Å². The molecule has 0 unspecified atom stereocenters. The molecule has 0 aliphatic heterocycles. The molecule has 2 amide bonds. The van der Waals surface area contributed by atoms with Crippen molar-refractivity contribution in [3.8, 4) is 0 Å². The second-order valence-corrected chi connectivity index (χ2v) is 8.68. The Labute approximate surface area is 176 Å². The zero-order valence-corrected chi connectivity index (χ0v) is 18.1. The highest BCUT2D eigenvalue weighted by Gasteiger charge is 2.23. The van der Waals surface area contributed by atoms with Crippen molar-refractivity contribution in [1.82, 2.24) is 25.4 Å². The van der Waals surface area contributed by atoms with Crippen LogP contribution in [0.3, 0.4) is 0 Å². The van der Waals surface area contributed by atoms with Crippen molar-refractivity contribution in [2.45, 2.75) is 57.3 Å². The number of hydrogen-bond acceptors (Lipinski definition) is 5. The number of nitrogens with zero attached hydrogens (tertiary/aromatic N) is 3. The lowest BCUT2D eigenvalue weighted by Gasteiger charge is -2.29. The molecule has 0 saturated heterocycles. The van der Waals surface area contributed by atoms with Crippen molar-refractivity contribution in [3.05, 3.63) is 41.2 Å². The van der Waals surface area contributed by atoms with Crippen LogP contribution in [-0.4, -0.2) is 38.4 Å². The van der Waals surface area contributed by atoms with Gasteiger partial charge in [0.05, 0.1) is 12.3 Å². The first-order valence-electron chi connectivity index (χ1n) is 10.1. The maximum atomic E-state index is 12.3. The summed E-state index contributed by atoms with van der Waals surface area (Å²) < 4.78 is 1.82. The fourth-order valence-corrected chi connectivity index (χ4v) is 4.32. The fraction of sp³-hybridized carbons (Fsp3) is 0.524. The smallest absolute Gasteiger partial charge is 0.251 e. The fourth-order valence-electron chi connectivity index (χ4n) is 3.58. The summed E-state index contributed by atoms with van der Waals surface area (Å²) in [4.78, 5) is 24.6. The quantitative estimate of drug-likeness (QED) is 0.679. The Morgan fingerprint density at radius 2 is 2.03 bits per heavy atom. The number of aromatic nitrogens is 3. The summed E-state index contributed by atoms with van der Waals surface area (Å²) >= 11 is 1.36. The molecule has 1 fully saturated rings. The number of nitrogens with one attached hydrogen (secondary N) is 2. The molecule has 8 heteroatoms. The number of aryl methyl sites for hydroxylation is 1. The summed E-state index contributed by atoms with van der Waals surface area (Å²) in [6.07, 6.45) is 4.68. The standard InChI is InChI=1S/C21H29N5O2S/c1-14-7-6-9-16(11-14)20(28)22-12-18-24-25-21(26(18)3)29-13-19(27)23-17-10-5-4-8-15(17)2/h6-7,9,11,15,17H,4-5,8,10,12-13H2,1-3H3,(H,22,28)(H,23,27)/t15-,17+/m0/s1. The van der Waals surface area contributed by atoms with Gasteiger partial charge >= 0.3 is 0 Å². The van der Waals surface area contributed by atoms with Crippen LogP contribution in [0.25, 0.3) is 0 Å². The molecule has 2 aromatic rings. The van der Waals surface area contributed by atoms with E-state index in [4.69, 9.17) is 0 Å². The molecule has 2 atom stereocenters. The third-order valence-electron chi connectivity index (χ3n) is 5.40. The Morgan fingerprint density at radius 3 is 2.79 bits per heavy atom. The summed E-state index contributed by atoms with van der Waals surface area (Å²) in [5.74, 6) is 1.38. The Kier molecular flexibility index (Phi) is 7.30. The lowest BCUT2D eigenvalue weighted by Crippen LogP contribution is -2.41. The van der Waals surface area contributed by atoms with Crippen LogP contribution in [0, 0.1) is 12.8 Å². The topological polar surface area (TPSA) is 88.9 Å². The van der Waals surface area contributed by atoms with Crippen LogP contribution in [-0.2, 0) is 18.4 Å². The predicted molar refractivity (Wildman–Crippen MR) is 114 cm³/mol. The van der Waals surface area contributed by atoms with Gasteiger partial charge in [-0.15, -0.1) is 10.2 Å². The number of hydrogen-bond donors (Lipinski definition) is 2. The minimum absolute atomic E-state index is 0.0334. The third-order valence-corrected chi connectivity index (χ3v) is 6.42.